The van der Waals surface area contributed by atoms with E-state index in [0.717, 1.165) is 42.5 Å². The van der Waals surface area contributed by atoms with Crippen LogP contribution in [-0.4, -0.2) is 96.6 Å². The number of carbonyl (C=O) groups is 2. The largest absolute Gasteiger partial charge is 0.399 e. The van der Waals surface area contributed by atoms with E-state index in [1.54, 1.807) is 40.8 Å². The van der Waals surface area contributed by atoms with Gasteiger partial charge in [-0.2, -0.15) is 0 Å². The van der Waals surface area contributed by atoms with Gasteiger partial charge in [-0.25, -0.2) is 4.79 Å². The lowest BCUT2D eigenvalue weighted by Crippen LogP contribution is -2.40. The van der Waals surface area contributed by atoms with Gasteiger partial charge in [-0.1, -0.05) is 69.8 Å². The van der Waals surface area contributed by atoms with Gasteiger partial charge in [0.05, 0.1) is 39.9 Å². The molecule has 1 N–H and O–H groups in total. The molecular weight excluding hydrogens is 762 g/mol. The molecule has 284 valence electrons. The molecule has 1 fully saturated rings. The van der Waals surface area contributed by atoms with Crippen LogP contribution in [-0.2, 0) is 20.9 Å². The Bertz CT molecular complexity index is 1970. The number of benzene rings is 3. The first-order chi connectivity index (χ1) is 25.5. The summed E-state index contributed by atoms with van der Waals surface area (Å²) in [5, 5.41) is 8.86. The fourth-order valence-corrected chi connectivity index (χ4v) is 7.73. The van der Waals surface area contributed by atoms with Gasteiger partial charge in [0, 0.05) is 60.9 Å². The molecule has 5 rings (SSSR count). The zero-order chi connectivity index (χ0) is 38.1. The van der Waals surface area contributed by atoms with E-state index in [1.165, 1.54) is 7.11 Å². The van der Waals surface area contributed by atoms with Crippen LogP contribution in [0.25, 0.3) is 11.0 Å². The van der Waals surface area contributed by atoms with Crippen LogP contribution in [0.1, 0.15) is 54.1 Å². The van der Waals surface area contributed by atoms with E-state index < -0.39 is 0 Å². The molecule has 2 heterocycles. The van der Waals surface area contributed by atoms with Crippen LogP contribution >= 0.6 is 46.4 Å². The topological polar surface area (TPSA) is 110 Å². The van der Waals surface area contributed by atoms with Crippen molar-refractivity contribution in [2.75, 3.05) is 60.1 Å². The van der Waals surface area contributed by atoms with Crippen molar-refractivity contribution in [3.8, 4) is 0 Å². The Morgan fingerprint density at radius 3 is 2.30 bits per heavy atom. The standard InChI is InChI=1S/C38H44Cl4N6O5/c1-4-46(37(50)26-19-27(39)22-28(40)20-26)23-33(44-53-3)30(25-9-10-31(41)32(42)21-25)13-17-45-15-11-29(12-16-45)48-35-8-6-5-7-34(35)47(38(48)51)24-36(49)43-14-18-52-2/h5-10,19-22,29-30H,4,11-18,23-24H2,1-3H3,(H,43,49)/b44-33-/t30-/m1/s1. The Hall–Kier alpha value is -3.58. The lowest BCUT2D eigenvalue weighted by molar-refractivity contribution is -0.121. The second kappa shape index (κ2) is 19.1. The number of oxime groups is 1. The van der Waals surface area contributed by atoms with Gasteiger partial charge >= 0.3 is 5.69 Å². The molecule has 0 radical (unpaired) electrons. The summed E-state index contributed by atoms with van der Waals surface area (Å²) in [6, 6.07) is 17.9. The van der Waals surface area contributed by atoms with Crippen molar-refractivity contribution >= 4 is 75.0 Å². The summed E-state index contributed by atoms with van der Waals surface area (Å²) in [5.41, 5.74) is 3.27. The van der Waals surface area contributed by atoms with Crippen LogP contribution in [0.5, 0.6) is 0 Å². The maximum Gasteiger partial charge on any atom is 0.329 e. The monoisotopic (exact) mass is 804 g/mol. The molecule has 0 aliphatic carbocycles. The minimum absolute atomic E-state index is 0.0259. The Balaban J connectivity index is 1.32. The molecular formula is C38H44Cl4N6O5. The van der Waals surface area contributed by atoms with Crippen molar-refractivity contribution in [3.05, 3.63) is 102 Å². The Labute approximate surface area is 329 Å². The average Bonchev–Trinajstić information content (AvgIpc) is 3.41. The first-order valence-electron chi connectivity index (χ1n) is 17.5. The van der Waals surface area contributed by atoms with Gasteiger partial charge in [0.25, 0.3) is 5.91 Å². The quantitative estimate of drug-likeness (QED) is 0.0732. The van der Waals surface area contributed by atoms with Crippen LogP contribution < -0.4 is 11.0 Å². The number of ether oxygens (including phenoxy) is 1. The number of hydrogen-bond donors (Lipinski definition) is 1. The van der Waals surface area contributed by atoms with Crippen molar-refractivity contribution in [3.63, 3.8) is 0 Å². The highest BCUT2D eigenvalue weighted by molar-refractivity contribution is 6.42. The summed E-state index contributed by atoms with van der Waals surface area (Å²) < 4.78 is 8.43. The maximum absolute atomic E-state index is 13.8. The van der Waals surface area contributed by atoms with Gasteiger partial charge in [0.2, 0.25) is 5.91 Å². The van der Waals surface area contributed by atoms with Crippen molar-refractivity contribution < 1.29 is 19.2 Å². The molecule has 0 unspecified atom stereocenters. The van der Waals surface area contributed by atoms with Crippen molar-refractivity contribution in [2.45, 2.75) is 44.7 Å². The van der Waals surface area contributed by atoms with Gasteiger partial charge in [-0.3, -0.25) is 18.7 Å². The van der Waals surface area contributed by atoms with E-state index in [-0.39, 0.29) is 42.6 Å². The number of piperidine rings is 1. The van der Waals surface area contributed by atoms with Gasteiger partial charge in [-0.15, -0.1) is 0 Å². The lowest BCUT2D eigenvalue weighted by Gasteiger charge is -2.34. The number of carbonyl (C=O) groups excluding carboxylic acids is 2. The van der Waals surface area contributed by atoms with E-state index in [4.69, 9.17) is 56.0 Å². The molecule has 1 atom stereocenters. The molecule has 11 nitrogen and oxygen atoms in total. The van der Waals surface area contributed by atoms with Crippen molar-refractivity contribution in [1.29, 1.82) is 0 Å². The third-order valence-corrected chi connectivity index (χ3v) is 10.7. The summed E-state index contributed by atoms with van der Waals surface area (Å²) in [4.78, 5) is 49.5. The maximum atomic E-state index is 13.8. The molecule has 15 heteroatoms. The number of methoxy groups -OCH3 is 1. The fraction of sp³-hybridized carbons (Fsp3) is 0.421. The number of rotatable bonds is 16. The number of nitrogens with one attached hydrogen (secondary N) is 1. The molecule has 53 heavy (non-hydrogen) atoms. The SMILES string of the molecule is CCN(C/C(=N/OC)[C@H](CCN1CCC(n2c(=O)n(CC(=O)NCCOC)c3ccccc32)CC1)c1ccc(Cl)c(Cl)c1)C(=O)c1cc(Cl)cc(Cl)c1. The molecule has 1 aromatic heterocycles. The highest BCUT2D eigenvalue weighted by atomic mass is 35.5. The number of amides is 2. The highest BCUT2D eigenvalue weighted by Crippen LogP contribution is 2.32. The van der Waals surface area contributed by atoms with E-state index >= 15 is 0 Å². The molecule has 0 spiro atoms. The van der Waals surface area contributed by atoms with Crippen LogP contribution in [0.3, 0.4) is 0 Å². The summed E-state index contributed by atoms with van der Waals surface area (Å²) in [6.45, 7) is 5.42. The van der Waals surface area contributed by atoms with Gasteiger partial charge in [-0.05, 0) is 80.8 Å². The zero-order valence-electron chi connectivity index (χ0n) is 30.0. The Morgan fingerprint density at radius 2 is 1.66 bits per heavy atom. The van der Waals surface area contributed by atoms with Crippen molar-refractivity contribution in [1.82, 2.24) is 24.3 Å². The first kappa shape index (κ1) is 40.6. The molecule has 2 amide bonds. The van der Waals surface area contributed by atoms with Crippen LogP contribution in [0.2, 0.25) is 20.1 Å². The van der Waals surface area contributed by atoms with E-state index in [9.17, 15) is 14.4 Å². The second-order valence-electron chi connectivity index (χ2n) is 12.9. The lowest BCUT2D eigenvalue weighted by atomic mass is 9.89. The summed E-state index contributed by atoms with van der Waals surface area (Å²) in [6.07, 6.45) is 2.16. The number of hydrogen-bond acceptors (Lipinski definition) is 7. The van der Waals surface area contributed by atoms with Crippen LogP contribution in [0.15, 0.2) is 70.6 Å². The highest BCUT2D eigenvalue weighted by Gasteiger charge is 2.29. The number of nitrogens with zero attached hydrogens (tertiary/aromatic N) is 5. The van der Waals surface area contributed by atoms with E-state index in [2.05, 4.69) is 15.4 Å². The summed E-state index contributed by atoms with van der Waals surface area (Å²) in [7, 11) is 3.06. The number of para-hydroxylation sites is 2. The minimum Gasteiger partial charge on any atom is -0.399 e. The molecule has 1 saturated heterocycles. The smallest absolute Gasteiger partial charge is 0.329 e. The number of likely N-dealkylation sites (tertiary alicyclic amines) is 1. The predicted octanol–water partition coefficient (Wildman–Crippen LogP) is 7.15. The number of fused-ring (bicyclic) bond motifs is 1. The minimum atomic E-state index is -0.261. The summed E-state index contributed by atoms with van der Waals surface area (Å²) >= 11 is 25.3. The van der Waals surface area contributed by atoms with Crippen LogP contribution in [0.4, 0.5) is 0 Å². The molecule has 1 aliphatic heterocycles. The van der Waals surface area contributed by atoms with Gasteiger partial charge in [0.15, 0.2) is 0 Å². The molecule has 0 saturated carbocycles. The summed E-state index contributed by atoms with van der Waals surface area (Å²) in [5.74, 6) is -0.739. The molecule has 4 aromatic rings. The fourth-order valence-electron chi connectivity index (χ4n) is 6.90. The average molecular weight is 807 g/mol. The van der Waals surface area contributed by atoms with Crippen molar-refractivity contribution in [2.24, 2.45) is 5.16 Å². The molecule has 1 aliphatic rings. The number of halogens is 4. The Kier molecular flexibility index (Phi) is 14.7. The third-order valence-electron chi connectivity index (χ3n) is 9.54. The van der Waals surface area contributed by atoms with Gasteiger partial charge in [0.1, 0.15) is 13.7 Å². The third kappa shape index (κ3) is 10.1. The van der Waals surface area contributed by atoms with Crippen LogP contribution in [0, 0.1) is 0 Å². The number of aromatic nitrogens is 2. The Morgan fingerprint density at radius 1 is 0.962 bits per heavy atom. The molecule has 0 bridgehead atoms. The second-order valence-corrected chi connectivity index (χ2v) is 14.6. The number of imidazole rings is 1. The van der Waals surface area contributed by atoms with Gasteiger partial charge < -0.3 is 24.7 Å². The normalized spacial score (nSPS) is 14.7. The first-order valence-corrected chi connectivity index (χ1v) is 19.0. The molecule has 3 aromatic carbocycles. The predicted molar refractivity (Wildman–Crippen MR) is 212 cm³/mol. The zero-order valence-corrected chi connectivity index (χ0v) is 33.0. The van der Waals surface area contributed by atoms with E-state index in [1.807, 2.05) is 47.9 Å². The van der Waals surface area contributed by atoms with E-state index in [0.29, 0.717) is 64.0 Å².